The molecule has 1 aromatic heterocycles. The molecular weight excluding hydrogens is 166 g/mol. The molecule has 1 aromatic carbocycles. The van der Waals surface area contributed by atoms with Crippen molar-refractivity contribution in [3.05, 3.63) is 36.0 Å². The van der Waals surface area contributed by atoms with Gasteiger partial charge in [-0.15, -0.1) is 0 Å². The Labute approximate surface area is 76.2 Å². The number of H-pyrrole nitrogens is 1. The Hall–Kier alpha value is -1.32. The van der Waals surface area contributed by atoms with Gasteiger partial charge in [-0.3, -0.25) is 0 Å². The van der Waals surface area contributed by atoms with Gasteiger partial charge in [-0.1, -0.05) is 12.1 Å². The number of benzene rings is 1. The number of aromatic nitrogens is 1. The normalized spacial score (nSPS) is 10.8. The van der Waals surface area contributed by atoms with Gasteiger partial charge in [-0.25, -0.2) is 9.78 Å². The summed E-state index contributed by atoms with van der Waals surface area (Å²) in [5.41, 5.74) is 2.22. The number of hydrogen-bond donors (Lipinski definition) is 1. The molecule has 0 aliphatic rings. The van der Waals surface area contributed by atoms with Gasteiger partial charge in [0.1, 0.15) is 6.61 Å². The van der Waals surface area contributed by atoms with Gasteiger partial charge in [-0.05, 0) is 23.1 Å². The third kappa shape index (κ3) is 1.71. The molecule has 0 amide bonds. The molecule has 1 N–H and O–H groups in total. The Morgan fingerprint density at radius 1 is 1.31 bits per heavy atom. The van der Waals surface area contributed by atoms with Crippen LogP contribution in [0.25, 0.3) is 10.9 Å². The highest BCUT2D eigenvalue weighted by Gasteiger charge is 1.96. The van der Waals surface area contributed by atoms with Crippen molar-refractivity contribution in [3.8, 4) is 0 Å². The standard InChI is InChI=1S/C10H11NO2/c1-12-13-7-8-2-3-9-4-5-11-10(9)6-8/h2-6,11H,7H2,1H3. The van der Waals surface area contributed by atoms with Crippen LogP contribution in [0.1, 0.15) is 5.56 Å². The van der Waals surface area contributed by atoms with Crippen LogP contribution in [0.15, 0.2) is 30.5 Å². The van der Waals surface area contributed by atoms with E-state index in [4.69, 9.17) is 4.89 Å². The van der Waals surface area contributed by atoms with Gasteiger partial charge in [0, 0.05) is 11.7 Å². The summed E-state index contributed by atoms with van der Waals surface area (Å²) < 4.78 is 0. The highest BCUT2D eigenvalue weighted by Crippen LogP contribution is 2.14. The molecule has 0 saturated heterocycles. The second kappa shape index (κ2) is 3.60. The maximum Gasteiger partial charge on any atom is 0.107 e. The molecule has 0 spiro atoms. The van der Waals surface area contributed by atoms with Crippen LogP contribution >= 0.6 is 0 Å². The lowest BCUT2D eigenvalue weighted by atomic mass is 10.2. The maximum atomic E-state index is 4.83. The van der Waals surface area contributed by atoms with Gasteiger partial charge in [0.25, 0.3) is 0 Å². The summed E-state index contributed by atoms with van der Waals surface area (Å²) in [4.78, 5) is 12.5. The van der Waals surface area contributed by atoms with E-state index in [1.807, 2.05) is 24.4 Å². The molecule has 0 unspecified atom stereocenters. The van der Waals surface area contributed by atoms with Gasteiger partial charge in [-0.2, -0.15) is 0 Å². The quantitative estimate of drug-likeness (QED) is 0.576. The van der Waals surface area contributed by atoms with Gasteiger partial charge in [0.05, 0.1) is 7.11 Å². The van der Waals surface area contributed by atoms with E-state index < -0.39 is 0 Å². The van der Waals surface area contributed by atoms with Crippen LogP contribution in [0.2, 0.25) is 0 Å². The van der Waals surface area contributed by atoms with E-state index in [2.05, 4.69) is 15.9 Å². The highest BCUT2D eigenvalue weighted by molar-refractivity contribution is 5.79. The Balaban J connectivity index is 2.26. The second-order valence-corrected chi connectivity index (χ2v) is 2.83. The first kappa shape index (κ1) is 8.29. The van der Waals surface area contributed by atoms with E-state index in [-0.39, 0.29) is 0 Å². The molecule has 2 rings (SSSR count). The smallest absolute Gasteiger partial charge is 0.107 e. The first-order chi connectivity index (χ1) is 6.40. The number of nitrogens with one attached hydrogen (secondary N) is 1. The minimum atomic E-state index is 0.478. The van der Waals surface area contributed by atoms with E-state index in [1.54, 1.807) is 0 Å². The van der Waals surface area contributed by atoms with Crippen molar-refractivity contribution in [2.24, 2.45) is 0 Å². The predicted molar refractivity (Wildman–Crippen MR) is 50.1 cm³/mol. The fourth-order valence-electron chi connectivity index (χ4n) is 1.31. The van der Waals surface area contributed by atoms with Gasteiger partial charge < -0.3 is 4.98 Å². The maximum absolute atomic E-state index is 4.83. The molecule has 0 bridgehead atoms. The zero-order valence-corrected chi connectivity index (χ0v) is 7.41. The van der Waals surface area contributed by atoms with Crippen molar-refractivity contribution >= 4 is 10.9 Å². The summed E-state index contributed by atoms with van der Waals surface area (Å²) in [5.74, 6) is 0. The SMILES string of the molecule is COOCc1ccc2cc[nH]c2c1. The molecule has 1 heterocycles. The largest absolute Gasteiger partial charge is 0.361 e. The first-order valence-corrected chi connectivity index (χ1v) is 4.12. The lowest BCUT2D eigenvalue weighted by Crippen LogP contribution is -1.90. The van der Waals surface area contributed by atoms with Crippen molar-refractivity contribution in [1.82, 2.24) is 4.98 Å². The number of aromatic amines is 1. The van der Waals surface area contributed by atoms with Crippen molar-refractivity contribution in [2.75, 3.05) is 7.11 Å². The molecule has 0 radical (unpaired) electrons. The molecule has 0 aliphatic heterocycles. The van der Waals surface area contributed by atoms with Gasteiger partial charge >= 0.3 is 0 Å². The summed E-state index contributed by atoms with van der Waals surface area (Å²) in [5, 5.41) is 1.21. The van der Waals surface area contributed by atoms with Crippen LogP contribution in [-0.2, 0) is 16.4 Å². The van der Waals surface area contributed by atoms with Crippen molar-refractivity contribution in [2.45, 2.75) is 6.61 Å². The Kier molecular flexibility index (Phi) is 2.29. The number of hydrogen-bond acceptors (Lipinski definition) is 2. The minimum absolute atomic E-state index is 0.478. The third-order valence-electron chi connectivity index (χ3n) is 1.96. The third-order valence-corrected chi connectivity index (χ3v) is 1.96. The molecule has 3 heteroatoms. The molecule has 0 fully saturated rings. The summed E-state index contributed by atoms with van der Waals surface area (Å²) in [6.07, 6.45) is 1.92. The van der Waals surface area contributed by atoms with E-state index in [1.165, 1.54) is 12.5 Å². The van der Waals surface area contributed by atoms with Crippen LogP contribution in [-0.4, -0.2) is 12.1 Å². The van der Waals surface area contributed by atoms with Crippen molar-refractivity contribution in [3.63, 3.8) is 0 Å². The van der Waals surface area contributed by atoms with Crippen LogP contribution in [0, 0.1) is 0 Å². The van der Waals surface area contributed by atoms with E-state index >= 15 is 0 Å². The number of fused-ring (bicyclic) bond motifs is 1. The fourth-order valence-corrected chi connectivity index (χ4v) is 1.31. The monoisotopic (exact) mass is 177 g/mol. The topological polar surface area (TPSA) is 34.2 Å². The Morgan fingerprint density at radius 3 is 3.08 bits per heavy atom. The molecule has 68 valence electrons. The lowest BCUT2D eigenvalue weighted by Gasteiger charge is -2.00. The zero-order valence-electron chi connectivity index (χ0n) is 7.41. The lowest BCUT2D eigenvalue weighted by molar-refractivity contribution is -0.282. The van der Waals surface area contributed by atoms with Crippen LogP contribution in [0.5, 0.6) is 0 Å². The average Bonchev–Trinajstić information content (AvgIpc) is 2.61. The molecule has 2 aromatic rings. The summed E-state index contributed by atoms with van der Waals surface area (Å²) in [7, 11) is 1.51. The molecule has 0 saturated carbocycles. The summed E-state index contributed by atoms with van der Waals surface area (Å²) in [6.45, 7) is 0.478. The molecule has 0 aliphatic carbocycles. The van der Waals surface area contributed by atoms with Crippen LogP contribution < -0.4 is 0 Å². The average molecular weight is 177 g/mol. The molecular formula is C10H11NO2. The van der Waals surface area contributed by atoms with E-state index in [0.717, 1.165) is 11.1 Å². The molecule has 13 heavy (non-hydrogen) atoms. The Bertz CT molecular complexity index is 394. The molecule has 0 atom stereocenters. The minimum Gasteiger partial charge on any atom is -0.361 e. The molecule has 3 nitrogen and oxygen atoms in total. The van der Waals surface area contributed by atoms with Crippen molar-refractivity contribution in [1.29, 1.82) is 0 Å². The number of rotatable bonds is 3. The van der Waals surface area contributed by atoms with E-state index in [0.29, 0.717) is 6.61 Å². The second-order valence-electron chi connectivity index (χ2n) is 2.83. The zero-order chi connectivity index (χ0) is 9.10. The Morgan fingerprint density at radius 2 is 2.23 bits per heavy atom. The van der Waals surface area contributed by atoms with Gasteiger partial charge in [0.2, 0.25) is 0 Å². The van der Waals surface area contributed by atoms with Gasteiger partial charge in [0.15, 0.2) is 0 Å². The van der Waals surface area contributed by atoms with Crippen molar-refractivity contribution < 1.29 is 9.78 Å². The first-order valence-electron chi connectivity index (χ1n) is 4.12. The summed E-state index contributed by atoms with van der Waals surface area (Å²) >= 11 is 0. The highest BCUT2D eigenvalue weighted by atomic mass is 17.2. The summed E-state index contributed by atoms with van der Waals surface area (Å²) in [6, 6.07) is 8.17. The fraction of sp³-hybridized carbons (Fsp3) is 0.200. The van der Waals surface area contributed by atoms with E-state index in [9.17, 15) is 0 Å². The predicted octanol–water partition coefficient (Wildman–Crippen LogP) is 2.25. The van der Waals surface area contributed by atoms with Crippen LogP contribution in [0.4, 0.5) is 0 Å². The van der Waals surface area contributed by atoms with Crippen LogP contribution in [0.3, 0.4) is 0 Å².